The van der Waals surface area contributed by atoms with Crippen LogP contribution in [-0.4, -0.2) is 31.1 Å². The molecule has 0 radical (unpaired) electrons. The number of anilines is 1. The number of aromatic hydroxyl groups is 1. The zero-order chi connectivity index (χ0) is 19.5. The van der Waals surface area contributed by atoms with E-state index in [9.17, 15) is 18.3 Å². The minimum absolute atomic E-state index is 0.0718. The molecule has 0 bridgehead atoms. The monoisotopic (exact) mass is 377 g/mol. The van der Waals surface area contributed by atoms with Gasteiger partial charge in [0.1, 0.15) is 11.3 Å². The number of nitrogens with zero attached hydrogens (tertiary/aromatic N) is 1. The van der Waals surface area contributed by atoms with Crippen molar-refractivity contribution in [1.29, 1.82) is 0 Å². The molecule has 2 aromatic carbocycles. The number of aryl methyl sites for hydroxylation is 1. The van der Waals surface area contributed by atoms with Crippen LogP contribution >= 0.6 is 0 Å². The Balaban J connectivity index is 2.51. The Morgan fingerprint density at radius 3 is 2.19 bits per heavy atom. The van der Waals surface area contributed by atoms with Gasteiger partial charge in [-0.2, -0.15) is 0 Å². The summed E-state index contributed by atoms with van der Waals surface area (Å²) in [5, 5.41) is 18.9. The van der Waals surface area contributed by atoms with Crippen LogP contribution in [0.3, 0.4) is 0 Å². The second-order valence-electron chi connectivity index (χ2n) is 6.43. The van der Waals surface area contributed by atoms with Gasteiger partial charge in [-0.25, -0.2) is 13.2 Å². The van der Waals surface area contributed by atoms with Gasteiger partial charge in [0.2, 0.25) is 0 Å². The molecular weight excluding hydrogens is 354 g/mol. The molecule has 0 spiro atoms. The Morgan fingerprint density at radius 2 is 1.73 bits per heavy atom. The summed E-state index contributed by atoms with van der Waals surface area (Å²) in [6.45, 7) is 6.10. The molecule has 0 heterocycles. The van der Waals surface area contributed by atoms with E-state index in [0.29, 0.717) is 5.69 Å². The average molecular weight is 377 g/mol. The molecule has 0 saturated carbocycles. The number of phenols is 1. The van der Waals surface area contributed by atoms with Crippen LogP contribution in [0.1, 0.15) is 36.7 Å². The molecule has 0 aromatic heterocycles. The van der Waals surface area contributed by atoms with Crippen LogP contribution in [0.2, 0.25) is 0 Å². The highest BCUT2D eigenvalue weighted by Gasteiger charge is 2.27. The number of hydrogen-bond acceptors (Lipinski definition) is 4. The third kappa shape index (κ3) is 4.16. The fraction of sp³-hybridized carbons (Fsp3) is 0.316. The van der Waals surface area contributed by atoms with Gasteiger partial charge in [0.25, 0.3) is 10.0 Å². The van der Waals surface area contributed by atoms with Gasteiger partial charge in [-0.15, -0.1) is 0 Å². The Hall–Kier alpha value is -2.54. The summed E-state index contributed by atoms with van der Waals surface area (Å²) in [5.74, 6) is -1.83. The van der Waals surface area contributed by atoms with Gasteiger partial charge in [0.15, 0.2) is 0 Å². The third-order valence-corrected chi connectivity index (χ3v) is 5.74. The van der Waals surface area contributed by atoms with E-state index in [-0.39, 0.29) is 22.9 Å². The Morgan fingerprint density at radius 1 is 1.12 bits per heavy atom. The lowest BCUT2D eigenvalue weighted by atomic mass is 10.1. The van der Waals surface area contributed by atoms with Crippen molar-refractivity contribution in [3.63, 3.8) is 0 Å². The number of carboxylic acid groups (broad SMARTS) is 1. The van der Waals surface area contributed by atoms with Crippen LogP contribution < -0.4 is 4.31 Å². The highest BCUT2D eigenvalue weighted by Crippen LogP contribution is 2.28. The summed E-state index contributed by atoms with van der Waals surface area (Å²) >= 11 is 0. The molecule has 0 amide bonds. The molecule has 0 fully saturated rings. The predicted octanol–water partition coefficient (Wildman–Crippen LogP) is 3.50. The van der Waals surface area contributed by atoms with Crippen LogP contribution in [0.5, 0.6) is 5.75 Å². The van der Waals surface area contributed by atoms with Crippen LogP contribution in [0.4, 0.5) is 5.69 Å². The molecule has 2 aromatic rings. The molecule has 0 aliphatic rings. The van der Waals surface area contributed by atoms with Gasteiger partial charge in [-0.3, -0.25) is 4.31 Å². The fourth-order valence-electron chi connectivity index (χ4n) is 2.55. The second-order valence-corrected chi connectivity index (χ2v) is 8.30. The van der Waals surface area contributed by atoms with E-state index in [1.807, 2.05) is 32.9 Å². The maximum absolute atomic E-state index is 13.1. The number of carboxylic acids is 1. The predicted molar refractivity (Wildman–Crippen MR) is 100 cm³/mol. The lowest BCUT2D eigenvalue weighted by Gasteiger charge is -2.26. The minimum Gasteiger partial charge on any atom is -0.507 e. The molecular formula is C19H23NO5S. The lowest BCUT2D eigenvalue weighted by molar-refractivity contribution is 0.0693. The van der Waals surface area contributed by atoms with E-state index in [2.05, 4.69) is 0 Å². The van der Waals surface area contributed by atoms with E-state index in [4.69, 9.17) is 5.11 Å². The van der Waals surface area contributed by atoms with Gasteiger partial charge in [-0.05, 0) is 42.2 Å². The summed E-state index contributed by atoms with van der Waals surface area (Å²) < 4.78 is 27.5. The first-order valence-electron chi connectivity index (χ1n) is 8.34. The number of aromatic carboxylic acids is 1. The molecule has 0 aliphatic carbocycles. The molecule has 26 heavy (non-hydrogen) atoms. The van der Waals surface area contributed by atoms with Gasteiger partial charge in [0.05, 0.1) is 10.6 Å². The van der Waals surface area contributed by atoms with Gasteiger partial charge in [-0.1, -0.05) is 32.9 Å². The van der Waals surface area contributed by atoms with Crippen LogP contribution in [0, 0.1) is 5.92 Å². The van der Waals surface area contributed by atoms with E-state index >= 15 is 0 Å². The highest BCUT2D eigenvalue weighted by molar-refractivity contribution is 7.92. The molecule has 2 rings (SSSR count). The first-order chi connectivity index (χ1) is 12.2. The van der Waals surface area contributed by atoms with Crippen molar-refractivity contribution in [2.75, 3.05) is 10.8 Å². The zero-order valence-corrected chi connectivity index (χ0v) is 15.8. The quantitative estimate of drug-likeness (QED) is 0.770. The summed E-state index contributed by atoms with van der Waals surface area (Å²) in [7, 11) is -3.95. The van der Waals surface area contributed by atoms with Gasteiger partial charge < -0.3 is 10.2 Å². The van der Waals surface area contributed by atoms with E-state index in [0.717, 1.165) is 24.1 Å². The summed E-state index contributed by atoms with van der Waals surface area (Å²) in [5.41, 5.74) is 1.28. The van der Waals surface area contributed by atoms with Crippen molar-refractivity contribution in [2.45, 2.75) is 32.1 Å². The number of benzene rings is 2. The highest BCUT2D eigenvalue weighted by atomic mass is 32.2. The van der Waals surface area contributed by atoms with Crippen molar-refractivity contribution < 1.29 is 23.4 Å². The molecule has 0 aliphatic heterocycles. The first-order valence-corrected chi connectivity index (χ1v) is 9.78. The standard InChI is InChI=1S/C19H23NO5S/c1-4-14-5-7-15(8-6-14)20(12-13(2)3)26(24,25)16-9-10-17(19(22)23)18(21)11-16/h5-11,13,21H,4,12H2,1-3H3,(H,22,23). The molecule has 140 valence electrons. The van der Waals surface area contributed by atoms with Crippen LogP contribution in [0.15, 0.2) is 47.4 Å². The Bertz CT molecular complexity index is 889. The molecule has 6 nitrogen and oxygen atoms in total. The topological polar surface area (TPSA) is 94.9 Å². The average Bonchev–Trinajstić information content (AvgIpc) is 2.59. The summed E-state index contributed by atoms with van der Waals surface area (Å²) in [6.07, 6.45) is 0.849. The van der Waals surface area contributed by atoms with Gasteiger partial charge >= 0.3 is 5.97 Å². The molecule has 0 saturated heterocycles. The fourth-order valence-corrected chi connectivity index (χ4v) is 4.20. The van der Waals surface area contributed by atoms with Crippen molar-refractivity contribution in [2.24, 2.45) is 5.92 Å². The lowest BCUT2D eigenvalue weighted by Crippen LogP contribution is -2.34. The number of rotatable bonds is 7. The second kappa shape index (κ2) is 7.78. The summed E-state index contributed by atoms with van der Waals surface area (Å²) in [6, 6.07) is 10.5. The largest absolute Gasteiger partial charge is 0.507 e. The number of carbonyl (C=O) groups is 1. The maximum atomic E-state index is 13.1. The van der Waals surface area contributed by atoms with Crippen LogP contribution in [0.25, 0.3) is 0 Å². The molecule has 7 heteroatoms. The normalized spacial score (nSPS) is 11.5. The van der Waals surface area contributed by atoms with Crippen molar-refractivity contribution in [1.82, 2.24) is 0 Å². The molecule has 0 unspecified atom stereocenters. The van der Waals surface area contributed by atoms with E-state index in [1.54, 1.807) is 12.1 Å². The zero-order valence-electron chi connectivity index (χ0n) is 15.0. The van der Waals surface area contributed by atoms with Gasteiger partial charge in [0, 0.05) is 12.6 Å². The van der Waals surface area contributed by atoms with Crippen LogP contribution in [-0.2, 0) is 16.4 Å². The van der Waals surface area contributed by atoms with E-state index < -0.39 is 21.7 Å². The third-order valence-electron chi connectivity index (χ3n) is 3.95. The van der Waals surface area contributed by atoms with Crippen molar-refractivity contribution >= 4 is 21.7 Å². The molecule has 0 atom stereocenters. The first kappa shape index (κ1) is 19.8. The number of hydrogen-bond donors (Lipinski definition) is 2. The summed E-state index contributed by atoms with van der Waals surface area (Å²) in [4.78, 5) is 10.9. The van der Waals surface area contributed by atoms with Crippen molar-refractivity contribution in [3.8, 4) is 5.75 Å². The molecule has 2 N–H and O–H groups in total. The Kier molecular flexibility index (Phi) is 5.92. The SMILES string of the molecule is CCc1ccc(N(CC(C)C)S(=O)(=O)c2ccc(C(=O)O)c(O)c2)cc1. The number of sulfonamides is 1. The Labute approximate surface area is 153 Å². The minimum atomic E-state index is -3.95. The maximum Gasteiger partial charge on any atom is 0.339 e. The van der Waals surface area contributed by atoms with Crippen molar-refractivity contribution in [3.05, 3.63) is 53.6 Å². The van der Waals surface area contributed by atoms with E-state index in [1.165, 1.54) is 10.4 Å². The smallest absolute Gasteiger partial charge is 0.339 e.